The van der Waals surface area contributed by atoms with E-state index in [-0.39, 0.29) is 25.7 Å². The second kappa shape index (κ2) is 69.2. The molecule has 0 amide bonds. The van der Waals surface area contributed by atoms with E-state index in [0.717, 1.165) is 167 Å². The molecule has 0 heterocycles. The minimum absolute atomic E-state index is 0.0748. The molecule has 0 radical (unpaired) electrons. The molecular formula is C77H132O17P2. The van der Waals surface area contributed by atoms with Gasteiger partial charge in [0.15, 0.2) is 12.2 Å². The van der Waals surface area contributed by atoms with Gasteiger partial charge in [0.05, 0.1) is 26.4 Å². The van der Waals surface area contributed by atoms with Gasteiger partial charge in [0, 0.05) is 25.7 Å². The maximum atomic E-state index is 13.1. The van der Waals surface area contributed by atoms with Crippen molar-refractivity contribution in [3.8, 4) is 0 Å². The minimum Gasteiger partial charge on any atom is -0.462 e. The first-order valence-electron chi connectivity index (χ1n) is 37.1. The van der Waals surface area contributed by atoms with Gasteiger partial charge in [-0.05, 0) is 141 Å². The second-order valence-corrected chi connectivity index (χ2v) is 27.4. The molecule has 5 atom stereocenters. The summed E-state index contributed by atoms with van der Waals surface area (Å²) in [6, 6.07) is 0. The van der Waals surface area contributed by atoms with Crippen molar-refractivity contribution < 1.29 is 80.2 Å². The van der Waals surface area contributed by atoms with E-state index in [1.54, 1.807) is 0 Å². The molecule has 0 aliphatic heterocycles. The summed E-state index contributed by atoms with van der Waals surface area (Å²) in [5, 5.41) is 10.6. The van der Waals surface area contributed by atoms with Gasteiger partial charge >= 0.3 is 39.5 Å². The molecule has 5 unspecified atom stereocenters. The first-order valence-corrected chi connectivity index (χ1v) is 40.1. The number of phosphoric ester groups is 2. The lowest BCUT2D eigenvalue weighted by atomic mass is 10.1. The van der Waals surface area contributed by atoms with E-state index in [4.69, 9.17) is 37.0 Å². The van der Waals surface area contributed by atoms with Crippen LogP contribution in [-0.4, -0.2) is 96.7 Å². The van der Waals surface area contributed by atoms with Crippen molar-refractivity contribution in [3.63, 3.8) is 0 Å². The lowest BCUT2D eigenvalue weighted by molar-refractivity contribution is -0.161. The molecule has 17 nitrogen and oxygen atoms in total. The Bertz CT molecular complexity index is 2250. The van der Waals surface area contributed by atoms with Crippen LogP contribution in [0.4, 0.5) is 0 Å². The number of ether oxygens (including phenoxy) is 4. The van der Waals surface area contributed by atoms with Gasteiger partial charge in [0.2, 0.25) is 0 Å². The lowest BCUT2D eigenvalue weighted by Gasteiger charge is -2.21. The molecule has 0 fully saturated rings. The summed E-state index contributed by atoms with van der Waals surface area (Å²) < 4.78 is 68.3. The molecule has 0 aromatic heterocycles. The molecule has 19 heteroatoms. The summed E-state index contributed by atoms with van der Waals surface area (Å²) in [7, 11) is -9.96. The van der Waals surface area contributed by atoms with Crippen LogP contribution in [0.5, 0.6) is 0 Å². The number of carbonyl (C=O) groups excluding carboxylic acids is 4. The average Bonchev–Trinajstić information content (AvgIpc) is 1.09. The SMILES string of the molecule is CC/C=C\C/C=C\C/C=C\C/C=C\CCCCC(=O)OCC(COP(=O)(O)OCC(O)COP(=O)(O)OCC(COC(=O)CCCCCCC/C=C\C/C=C\C/C=C\CC)OC(=O)CCCCCCC/C=C\CCCC)OC(=O)CCCCCCC/C=C\CCCCCCCC. The molecule has 3 N–H and O–H groups in total. The van der Waals surface area contributed by atoms with E-state index in [9.17, 15) is 43.2 Å². The highest BCUT2D eigenvalue weighted by Crippen LogP contribution is 2.45. The normalized spacial score (nSPS) is 14.6. The first kappa shape index (κ1) is 91.7. The number of phosphoric acid groups is 2. The molecule has 0 aromatic carbocycles. The predicted octanol–water partition coefficient (Wildman–Crippen LogP) is 21.0. The largest absolute Gasteiger partial charge is 0.472 e. The summed E-state index contributed by atoms with van der Waals surface area (Å²) in [5.74, 6) is -2.26. The van der Waals surface area contributed by atoms with Gasteiger partial charge in [-0.3, -0.25) is 37.3 Å². The van der Waals surface area contributed by atoms with Crippen molar-refractivity contribution in [1.29, 1.82) is 0 Å². The van der Waals surface area contributed by atoms with E-state index < -0.39 is 97.5 Å². The van der Waals surface area contributed by atoms with Crippen LogP contribution >= 0.6 is 15.6 Å². The number of hydrogen-bond donors (Lipinski definition) is 3. The molecule has 552 valence electrons. The molecule has 0 saturated heterocycles. The Balaban J connectivity index is 5.38. The quantitative estimate of drug-likeness (QED) is 0.0169. The van der Waals surface area contributed by atoms with Gasteiger partial charge in [0.25, 0.3) is 0 Å². The third-order valence-electron chi connectivity index (χ3n) is 15.2. The Hall–Kier alpha value is -4.28. The van der Waals surface area contributed by atoms with Crippen LogP contribution in [0.25, 0.3) is 0 Å². The van der Waals surface area contributed by atoms with Crippen LogP contribution in [0.2, 0.25) is 0 Å². The first-order chi connectivity index (χ1) is 46.7. The van der Waals surface area contributed by atoms with Crippen LogP contribution in [0, 0.1) is 0 Å². The summed E-state index contributed by atoms with van der Waals surface area (Å²) in [6.45, 7) is 4.51. The number of esters is 4. The van der Waals surface area contributed by atoms with E-state index in [1.165, 1.54) is 51.4 Å². The molecule has 0 saturated carbocycles. The van der Waals surface area contributed by atoms with Crippen LogP contribution in [0.1, 0.15) is 297 Å². The smallest absolute Gasteiger partial charge is 0.462 e. The third kappa shape index (κ3) is 68.3. The maximum Gasteiger partial charge on any atom is 0.472 e. The van der Waals surface area contributed by atoms with Gasteiger partial charge < -0.3 is 33.8 Å². The highest BCUT2D eigenvalue weighted by molar-refractivity contribution is 7.47. The third-order valence-corrected chi connectivity index (χ3v) is 17.1. The Morgan fingerprint density at radius 3 is 0.896 bits per heavy atom. The number of unbranched alkanes of at least 4 members (excludes halogenated alkanes) is 25. The van der Waals surface area contributed by atoms with E-state index >= 15 is 0 Å². The van der Waals surface area contributed by atoms with Gasteiger partial charge in [-0.2, -0.15) is 0 Å². The summed E-state index contributed by atoms with van der Waals surface area (Å²) >= 11 is 0. The van der Waals surface area contributed by atoms with Gasteiger partial charge in [-0.25, -0.2) is 9.13 Å². The van der Waals surface area contributed by atoms with Crippen molar-refractivity contribution in [2.75, 3.05) is 39.6 Å². The number of rotatable bonds is 69. The molecular weight excluding hydrogens is 1260 g/mol. The van der Waals surface area contributed by atoms with Crippen LogP contribution in [0.15, 0.2) is 109 Å². The monoisotopic (exact) mass is 1390 g/mol. The molecule has 0 aliphatic carbocycles. The molecule has 0 spiro atoms. The zero-order valence-corrected chi connectivity index (χ0v) is 61.8. The van der Waals surface area contributed by atoms with Gasteiger partial charge in [-0.1, -0.05) is 240 Å². The summed E-state index contributed by atoms with van der Waals surface area (Å²) in [5.41, 5.74) is 0. The fourth-order valence-corrected chi connectivity index (χ4v) is 11.1. The lowest BCUT2D eigenvalue weighted by Crippen LogP contribution is -2.30. The average molecular weight is 1390 g/mol. The number of aliphatic hydroxyl groups excluding tert-OH is 1. The fraction of sp³-hybridized carbons (Fsp3) is 0.714. The number of carbonyl (C=O) groups is 4. The Labute approximate surface area is 581 Å². The highest BCUT2D eigenvalue weighted by atomic mass is 31.2. The molecule has 0 rings (SSSR count). The topological polar surface area (TPSA) is 237 Å². The molecule has 0 aromatic rings. The molecule has 0 aliphatic rings. The van der Waals surface area contributed by atoms with E-state index in [0.29, 0.717) is 25.7 Å². The van der Waals surface area contributed by atoms with Crippen molar-refractivity contribution in [3.05, 3.63) is 109 Å². The second-order valence-electron chi connectivity index (χ2n) is 24.5. The Morgan fingerprint density at radius 1 is 0.302 bits per heavy atom. The van der Waals surface area contributed by atoms with Gasteiger partial charge in [0.1, 0.15) is 19.3 Å². The Kier molecular flexibility index (Phi) is 66.1. The van der Waals surface area contributed by atoms with Crippen molar-refractivity contribution in [1.82, 2.24) is 0 Å². The fourth-order valence-electron chi connectivity index (χ4n) is 9.55. The minimum atomic E-state index is -4.98. The van der Waals surface area contributed by atoms with Gasteiger partial charge in [-0.15, -0.1) is 0 Å². The summed E-state index contributed by atoms with van der Waals surface area (Å²) in [6.07, 6.45) is 72.4. The van der Waals surface area contributed by atoms with Crippen molar-refractivity contribution in [2.45, 2.75) is 316 Å². The Morgan fingerprint density at radius 2 is 0.552 bits per heavy atom. The zero-order chi connectivity index (χ0) is 70.4. The summed E-state index contributed by atoms with van der Waals surface area (Å²) in [4.78, 5) is 72.7. The number of aliphatic hydroxyl groups is 1. The van der Waals surface area contributed by atoms with Crippen LogP contribution in [-0.2, 0) is 65.4 Å². The number of allylic oxidation sites excluding steroid dienone is 18. The van der Waals surface area contributed by atoms with E-state index in [1.807, 2.05) is 0 Å². The molecule has 96 heavy (non-hydrogen) atoms. The standard InChI is InChI=1S/C77H132O17P2/c1-5-9-13-17-21-25-29-32-35-38-42-45-49-53-57-61-74(79)87-67-72(93-76(81)63-59-55-51-47-41-28-24-20-16-12-8-4)69-91-95(83,84)89-65-71(78)66-90-96(85,86)92-70-73(94-77(82)64-60-56-52-48-44-40-37-34-31-27-23-19-15-11-7-3)68-88-75(80)62-58-54-50-46-43-39-36-33-30-26-22-18-14-10-6-2/h9-10,13-14,20-22,24-26,32-37,43,46,71-73,78H,5-8,11-12,15-19,23,27-31,38-42,44-45,47-70H2,1-4H3,(H,83,84)(H,85,86)/b13-9-,14-10-,24-20-,25-21-,26-22-,35-32-,36-33-,37-34-,46-43-. The zero-order valence-electron chi connectivity index (χ0n) is 60.0. The van der Waals surface area contributed by atoms with Crippen molar-refractivity contribution >= 4 is 39.5 Å². The highest BCUT2D eigenvalue weighted by Gasteiger charge is 2.30. The molecule has 0 bridgehead atoms. The number of hydrogen-bond acceptors (Lipinski definition) is 15. The van der Waals surface area contributed by atoms with Crippen LogP contribution < -0.4 is 0 Å². The predicted molar refractivity (Wildman–Crippen MR) is 390 cm³/mol. The van der Waals surface area contributed by atoms with Crippen molar-refractivity contribution in [2.24, 2.45) is 0 Å². The maximum absolute atomic E-state index is 13.1. The van der Waals surface area contributed by atoms with E-state index in [2.05, 4.69) is 137 Å². The van der Waals surface area contributed by atoms with Crippen LogP contribution in [0.3, 0.4) is 0 Å².